The summed E-state index contributed by atoms with van der Waals surface area (Å²) in [7, 11) is 7.29. The summed E-state index contributed by atoms with van der Waals surface area (Å²) in [5.74, 6) is -0.400. The molecule has 0 amide bonds. The quantitative estimate of drug-likeness (QED) is 0.635. The normalized spacial score (nSPS) is 12.9. The van der Waals surface area contributed by atoms with Gasteiger partial charge in [0, 0.05) is 22.7 Å². The first-order chi connectivity index (χ1) is 9.20. The van der Waals surface area contributed by atoms with Crippen LogP contribution in [0.5, 0.6) is 0 Å². The number of hydrogen-bond donors (Lipinski definition) is 1. The molecule has 94 valence electrons. The lowest BCUT2D eigenvalue weighted by Crippen LogP contribution is -2.18. The molecule has 1 aliphatic heterocycles. The molecule has 0 bridgehead atoms. The third-order valence-corrected chi connectivity index (χ3v) is 4.29. The smallest absolute Gasteiger partial charge is 0.337 e. The SMILES string of the molecule is [B]c1cc2c(cc1C(=O)OC)-c1sccc1CCN2. The van der Waals surface area contributed by atoms with Gasteiger partial charge in [-0.25, -0.2) is 4.79 Å². The van der Waals surface area contributed by atoms with Crippen LogP contribution < -0.4 is 10.8 Å². The summed E-state index contributed by atoms with van der Waals surface area (Å²) in [4.78, 5) is 12.9. The number of esters is 1. The Labute approximate surface area is 117 Å². The number of ether oxygens (including phenoxy) is 1. The van der Waals surface area contributed by atoms with Crippen molar-refractivity contribution in [3.05, 3.63) is 34.7 Å². The van der Waals surface area contributed by atoms with Crippen LogP contribution in [0.3, 0.4) is 0 Å². The lowest BCUT2D eigenvalue weighted by atomic mass is 9.87. The van der Waals surface area contributed by atoms with Crippen LogP contribution in [-0.2, 0) is 11.2 Å². The minimum Gasteiger partial charge on any atom is -0.465 e. The molecule has 0 saturated heterocycles. The summed E-state index contributed by atoms with van der Waals surface area (Å²) < 4.78 is 4.77. The van der Waals surface area contributed by atoms with E-state index in [1.165, 1.54) is 17.6 Å². The highest BCUT2D eigenvalue weighted by Gasteiger charge is 2.19. The molecule has 1 N–H and O–H groups in total. The van der Waals surface area contributed by atoms with Crippen LogP contribution in [-0.4, -0.2) is 27.5 Å². The Kier molecular flexibility index (Phi) is 3.07. The number of rotatable bonds is 1. The van der Waals surface area contributed by atoms with E-state index < -0.39 is 5.97 Å². The topological polar surface area (TPSA) is 38.3 Å². The summed E-state index contributed by atoms with van der Waals surface area (Å²) in [5, 5.41) is 5.44. The summed E-state index contributed by atoms with van der Waals surface area (Å²) in [6, 6.07) is 5.77. The number of carbonyl (C=O) groups is 1. The summed E-state index contributed by atoms with van der Waals surface area (Å²) in [6.45, 7) is 0.869. The Hall–Kier alpha value is -1.75. The van der Waals surface area contributed by atoms with Crippen molar-refractivity contribution in [2.75, 3.05) is 19.0 Å². The number of thiophene rings is 1. The third kappa shape index (κ3) is 2.04. The Balaban J connectivity index is 2.21. The van der Waals surface area contributed by atoms with E-state index in [1.54, 1.807) is 11.3 Å². The average molecular weight is 269 g/mol. The van der Waals surface area contributed by atoms with Crippen LogP contribution >= 0.6 is 11.3 Å². The van der Waals surface area contributed by atoms with E-state index in [0.29, 0.717) is 11.0 Å². The first-order valence-corrected chi connectivity index (χ1v) is 6.91. The molecule has 0 atom stereocenters. The molecule has 2 aromatic rings. The molecule has 2 heterocycles. The zero-order valence-electron chi connectivity index (χ0n) is 10.5. The van der Waals surface area contributed by atoms with E-state index in [-0.39, 0.29) is 0 Å². The predicted molar refractivity (Wildman–Crippen MR) is 78.7 cm³/mol. The molecule has 2 radical (unpaired) electrons. The van der Waals surface area contributed by atoms with Crippen LogP contribution in [0.4, 0.5) is 5.69 Å². The maximum Gasteiger partial charge on any atom is 0.337 e. The van der Waals surface area contributed by atoms with E-state index in [9.17, 15) is 4.79 Å². The summed E-state index contributed by atoms with van der Waals surface area (Å²) in [5.41, 5.74) is 4.17. The number of nitrogens with one attached hydrogen (secondary N) is 1. The maximum absolute atomic E-state index is 11.7. The maximum atomic E-state index is 11.7. The molecule has 0 aliphatic carbocycles. The number of benzene rings is 1. The molecule has 0 saturated carbocycles. The van der Waals surface area contributed by atoms with Gasteiger partial charge in [0.2, 0.25) is 0 Å². The van der Waals surface area contributed by atoms with Gasteiger partial charge in [-0.15, -0.1) is 11.3 Å². The van der Waals surface area contributed by atoms with Crippen molar-refractivity contribution in [1.29, 1.82) is 0 Å². The van der Waals surface area contributed by atoms with E-state index in [2.05, 4.69) is 16.8 Å². The molecule has 0 fully saturated rings. The van der Waals surface area contributed by atoms with Crippen LogP contribution in [0.15, 0.2) is 23.6 Å². The van der Waals surface area contributed by atoms with Crippen LogP contribution in [0.25, 0.3) is 10.4 Å². The second kappa shape index (κ2) is 4.74. The van der Waals surface area contributed by atoms with Crippen molar-refractivity contribution < 1.29 is 9.53 Å². The fourth-order valence-electron chi connectivity index (χ4n) is 2.34. The molecule has 5 heteroatoms. The predicted octanol–water partition coefficient (Wildman–Crippen LogP) is 1.96. The Morgan fingerprint density at radius 2 is 2.32 bits per heavy atom. The Morgan fingerprint density at radius 1 is 1.47 bits per heavy atom. The lowest BCUT2D eigenvalue weighted by Gasteiger charge is -2.12. The van der Waals surface area contributed by atoms with Crippen LogP contribution in [0.2, 0.25) is 0 Å². The molecule has 1 aliphatic rings. The summed E-state index contributed by atoms with van der Waals surface area (Å²) in [6.07, 6.45) is 0.973. The van der Waals surface area contributed by atoms with Gasteiger partial charge < -0.3 is 10.1 Å². The monoisotopic (exact) mass is 269 g/mol. The second-order valence-electron chi connectivity index (χ2n) is 4.43. The van der Waals surface area contributed by atoms with Gasteiger partial charge in [0.15, 0.2) is 0 Å². The van der Waals surface area contributed by atoms with E-state index in [4.69, 9.17) is 12.6 Å². The summed E-state index contributed by atoms with van der Waals surface area (Å²) >= 11 is 1.68. The van der Waals surface area contributed by atoms with Gasteiger partial charge in [0.05, 0.1) is 12.7 Å². The minimum atomic E-state index is -0.400. The van der Waals surface area contributed by atoms with Crippen LogP contribution in [0, 0.1) is 0 Å². The Morgan fingerprint density at radius 3 is 3.11 bits per heavy atom. The van der Waals surface area contributed by atoms with Crippen LogP contribution in [0.1, 0.15) is 15.9 Å². The highest BCUT2D eigenvalue weighted by Crippen LogP contribution is 2.37. The molecule has 1 aromatic heterocycles. The van der Waals surface area contributed by atoms with Crippen molar-refractivity contribution in [3.63, 3.8) is 0 Å². The van der Waals surface area contributed by atoms with Crippen molar-refractivity contribution in [1.82, 2.24) is 0 Å². The minimum absolute atomic E-state index is 0.400. The van der Waals surface area contributed by atoms with Gasteiger partial charge in [0.1, 0.15) is 7.85 Å². The van der Waals surface area contributed by atoms with Gasteiger partial charge in [0.25, 0.3) is 0 Å². The van der Waals surface area contributed by atoms with Gasteiger partial charge in [-0.05, 0) is 35.6 Å². The van der Waals surface area contributed by atoms with Gasteiger partial charge in [-0.1, -0.05) is 5.46 Å². The number of hydrogen-bond acceptors (Lipinski definition) is 4. The average Bonchev–Trinajstić information content (AvgIpc) is 2.80. The fourth-order valence-corrected chi connectivity index (χ4v) is 3.32. The second-order valence-corrected chi connectivity index (χ2v) is 5.34. The van der Waals surface area contributed by atoms with E-state index in [1.807, 2.05) is 12.1 Å². The van der Waals surface area contributed by atoms with Crippen molar-refractivity contribution in [2.45, 2.75) is 6.42 Å². The molecule has 0 unspecified atom stereocenters. The highest BCUT2D eigenvalue weighted by molar-refractivity contribution is 7.13. The largest absolute Gasteiger partial charge is 0.465 e. The van der Waals surface area contributed by atoms with E-state index >= 15 is 0 Å². The van der Waals surface area contributed by atoms with Crippen molar-refractivity contribution >= 4 is 36.3 Å². The Bertz CT molecular complexity index is 651. The molecular weight excluding hydrogens is 257 g/mol. The molecular formula is C14H12BNO2S. The first kappa shape index (κ1) is 12.3. The zero-order valence-corrected chi connectivity index (χ0v) is 11.3. The lowest BCUT2D eigenvalue weighted by molar-refractivity contribution is 0.0602. The van der Waals surface area contributed by atoms with Gasteiger partial charge in [-0.3, -0.25) is 0 Å². The molecule has 3 nitrogen and oxygen atoms in total. The number of fused-ring (bicyclic) bond motifs is 3. The van der Waals surface area contributed by atoms with Crippen molar-refractivity contribution in [3.8, 4) is 10.4 Å². The van der Waals surface area contributed by atoms with E-state index in [0.717, 1.165) is 24.2 Å². The standard InChI is InChI=1S/C14H12BNO2S/c1-18-14(17)9-6-10-12(7-11(9)15)16-4-2-8-3-5-19-13(8)10/h3,5-7,16H,2,4H2,1H3. The van der Waals surface area contributed by atoms with Gasteiger partial charge >= 0.3 is 5.97 Å². The number of carbonyl (C=O) groups excluding carboxylic acids is 1. The number of anilines is 1. The molecule has 0 spiro atoms. The van der Waals surface area contributed by atoms with Crippen molar-refractivity contribution in [2.24, 2.45) is 0 Å². The molecule has 3 rings (SSSR count). The highest BCUT2D eigenvalue weighted by atomic mass is 32.1. The fraction of sp³-hybridized carbons (Fsp3) is 0.214. The van der Waals surface area contributed by atoms with Gasteiger partial charge in [-0.2, -0.15) is 0 Å². The first-order valence-electron chi connectivity index (χ1n) is 6.03. The number of methoxy groups -OCH3 is 1. The molecule has 19 heavy (non-hydrogen) atoms. The zero-order chi connectivity index (χ0) is 13.4. The molecule has 1 aromatic carbocycles. The third-order valence-electron chi connectivity index (χ3n) is 3.30.